The van der Waals surface area contributed by atoms with Gasteiger partial charge in [0.25, 0.3) is 0 Å². The van der Waals surface area contributed by atoms with Crippen molar-refractivity contribution in [1.29, 1.82) is 0 Å². The van der Waals surface area contributed by atoms with Gasteiger partial charge in [-0.1, -0.05) is 170 Å². The van der Waals surface area contributed by atoms with Crippen molar-refractivity contribution in [1.82, 2.24) is 38.2 Å². The SMILES string of the molecule is c1ccc(-c2nc(-c3ccccc3)nc(-c3ccc(-n4c5ccccc5c5cc(-n6c7ccccc7c7ccccc76)ccc54)cc3-c3cnccc3-n3c4ccccc4c4cc(-n5c6ccccc6c6ccccc65)ccc43)n2)cc1. The Morgan fingerprint density at radius 1 is 0.232 bits per heavy atom. The molecule has 0 aliphatic rings. The second-order valence-electron chi connectivity index (χ2n) is 21.0. The average Bonchev–Trinajstić information content (AvgIpc) is 3.09. The third-order valence-electron chi connectivity index (χ3n) is 16.5. The van der Waals surface area contributed by atoms with Gasteiger partial charge >= 0.3 is 0 Å². The molecule has 0 saturated carbocycles. The fraction of sp³-hybridized carbons (Fsp3) is 0. The van der Waals surface area contributed by atoms with Crippen molar-refractivity contribution in [3.05, 3.63) is 279 Å². The molecule has 0 radical (unpaired) electrons. The normalized spacial score (nSPS) is 11.9. The fourth-order valence-corrected chi connectivity index (χ4v) is 12.9. The second-order valence-corrected chi connectivity index (χ2v) is 21.0. The second kappa shape index (κ2) is 18.2. The van der Waals surface area contributed by atoms with Crippen LogP contribution in [0.5, 0.6) is 0 Å². The van der Waals surface area contributed by atoms with Crippen LogP contribution in [0.2, 0.25) is 0 Å². The minimum absolute atomic E-state index is 0.556. The van der Waals surface area contributed by atoms with Crippen molar-refractivity contribution in [2.45, 2.75) is 0 Å². The number of fused-ring (bicyclic) bond motifs is 12. The van der Waals surface area contributed by atoms with E-state index in [-0.39, 0.29) is 0 Å². The van der Waals surface area contributed by atoms with Gasteiger partial charge < -0.3 is 18.3 Å². The average molecular weight is 1050 g/mol. The zero-order chi connectivity index (χ0) is 53.8. The van der Waals surface area contributed by atoms with Crippen molar-refractivity contribution in [2.24, 2.45) is 0 Å². The van der Waals surface area contributed by atoms with Gasteiger partial charge in [-0.2, -0.15) is 0 Å². The van der Waals surface area contributed by atoms with Gasteiger partial charge in [-0.05, 0) is 103 Å². The van der Waals surface area contributed by atoms with Gasteiger partial charge in [-0.25, -0.2) is 15.0 Å². The summed E-state index contributed by atoms with van der Waals surface area (Å²) in [6.07, 6.45) is 3.91. The minimum atomic E-state index is 0.556. The Labute approximate surface area is 470 Å². The Kier molecular flexibility index (Phi) is 10.1. The van der Waals surface area contributed by atoms with E-state index >= 15 is 0 Å². The number of para-hydroxylation sites is 6. The molecule has 0 N–H and O–H groups in total. The molecule has 17 rings (SSSR count). The van der Waals surface area contributed by atoms with E-state index in [1.807, 2.05) is 48.8 Å². The number of rotatable bonds is 8. The number of benzene rings is 11. The summed E-state index contributed by atoms with van der Waals surface area (Å²) in [5, 5.41) is 9.55. The van der Waals surface area contributed by atoms with Crippen molar-refractivity contribution in [2.75, 3.05) is 0 Å². The van der Waals surface area contributed by atoms with Crippen LogP contribution in [0.25, 0.3) is 155 Å². The first-order chi connectivity index (χ1) is 40.7. The first-order valence-electron chi connectivity index (χ1n) is 27.7. The van der Waals surface area contributed by atoms with Crippen LogP contribution in [0.1, 0.15) is 0 Å². The number of nitrogens with zero attached hydrogens (tertiary/aromatic N) is 8. The molecule has 0 spiro atoms. The zero-order valence-corrected chi connectivity index (χ0v) is 44.1. The maximum atomic E-state index is 5.36. The predicted octanol–water partition coefficient (Wildman–Crippen LogP) is 18.3. The fourth-order valence-electron chi connectivity index (χ4n) is 12.9. The van der Waals surface area contributed by atoms with E-state index in [1.54, 1.807) is 0 Å². The van der Waals surface area contributed by atoms with Gasteiger partial charge in [0.15, 0.2) is 17.5 Å². The summed E-state index contributed by atoms with van der Waals surface area (Å²) in [4.78, 5) is 20.8. The number of aromatic nitrogens is 8. The number of hydrogen-bond donors (Lipinski definition) is 0. The van der Waals surface area contributed by atoms with E-state index in [4.69, 9.17) is 19.9 Å². The minimum Gasteiger partial charge on any atom is -0.309 e. The van der Waals surface area contributed by atoms with Gasteiger partial charge in [0.1, 0.15) is 0 Å². The summed E-state index contributed by atoms with van der Waals surface area (Å²) in [6.45, 7) is 0. The highest BCUT2D eigenvalue weighted by Crippen LogP contribution is 2.44. The van der Waals surface area contributed by atoms with E-state index in [9.17, 15) is 0 Å². The van der Waals surface area contributed by atoms with Crippen molar-refractivity contribution < 1.29 is 0 Å². The molecule has 0 aliphatic carbocycles. The van der Waals surface area contributed by atoms with Gasteiger partial charge in [-0.3, -0.25) is 4.98 Å². The van der Waals surface area contributed by atoms with Crippen LogP contribution < -0.4 is 0 Å². The van der Waals surface area contributed by atoms with Crippen LogP contribution >= 0.6 is 0 Å². The molecule has 0 atom stereocenters. The molecule has 0 fully saturated rings. The van der Waals surface area contributed by atoms with Crippen LogP contribution in [0.3, 0.4) is 0 Å². The molecule has 6 heterocycles. The van der Waals surface area contributed by atoms with Crippen molar-refractivity contribution >= 4 is 87.2 Å². The molecular formula is C74H46N8. The smallest absolute Gasteiger partial charge is 0.164 e. The Balaban J connectivity index is 0.914. The lowest BCUT2D eigenvalue weighted by Crippen LogP contribution is -2.04. The van der Waals surface area contributed by atoms with E-state index in [1.165, 1.54) is 43.6 Å². The Hall–Kier alpha value is -11.2. The molecular weight excluding hydrogens is 1000 g/mol. The molecule has 11 aromatic carbocycles. The molecule has 0 aliphatic heterocycles. The predicted molar refractivity (Wildman–Crippen MR) is 337 cm³/mol. The summed E-state index contributed by atoms with van der Waals surface area (Å²) in [5.41, 5.74) is 17.7. The van der Waals surface area contributed by atoms with E-state index in [2.05, 4.69) is 249 Å². The van der Waals surface area contributed by atoms with Crippen LogP contribution in [-0.4, -0.2) is 38.2 Å². The van der Waals surface area contributed by atoms with Crippen LogP contribution in [0.4, 0.5) is 0 Å². The van der Waals surface area contributed by atoms with Crippen LogP contribution in [0.15, 0.2) is 279 Å². The molecule has 0 saturated heterocycles. The molecule has 17 aromatic rings. The molecule has 0 bridgehead atoms. The summed E-state index contributed by atoms with van der Waals surface area (Å²) < 4.78 is 9.60. The number of pyridine rings is 1. The highest BCUT2D eigenvalue weighted by Gasteiger charge is 2.24. The van der Waals surface area contributed by atoms with Gasteiger partial charge in [0, 0.05) is 94.8 Å². The lowest BCUT2D eigenvalue weighted by molar-refractivity contribution is 1.07. The highest BCUT2D eigenvalue weighted by molar-refractivity contribution is 6.14. The van der Waals surface area contributed by atoms with E-state index in [0.717, 1.165) is 94.2 Å². The maximum absolute atomic E-state index is 5.36. The molecule has 82 heavy (non-hydrogen) atoms. The Morgan fingerprint density at radius 2 is 0.573 bits per heavy atom. The first kappa shape index (κ1) is 45.8. The topological polar surface area (TPSA) is 71.3 Å². The molecule has 6 aromatic heterocycles. The van der Waals surface area contributed by atoms with Crippen LogP contribution in [0, 0.1) is 0 Å². The van der Waals surface area contributed by atoms with Crippen molar-refractivity contribution in [3.63, 3.8) is 0 Å². The standard InChI is InChI=1S/C74H46N8/c1-3-19-47(20-4-1)72-76-73(48-21-5-2-6-22-48)78-74(77-72)58-38-35-49(81-67-33-17-11-27-56(67)60-44-50(36-39-69(60)81)79-63-29-13-7-23-52(63)53-24-8-14-30-64(53)79)43-59(58)62-46-75-42-41-71(62)82-68-34-18-12-28-57(68)61-45-51(37-40-70(61)82)80-65-31-15-9-25-54(65)55-26-10-16-32-66(55)80/h1-46H. The molecule has 0 unspecified atom stereocenters. The number of hydrogen-bond acceptors (Lipinski definition) is 4. The summed E-state index contributed by atoms with van der Waals surface area (Å²) in [6, 6.07) is 95.3. The lowest BCUT2D eigenvalue weighted by atomic mass is 9.97. The third-order valence-corrected chi connectivity index (χ3v) is 16.5. The Morgan fingerprint density at radius 3 is 1.02 bits per heavy atom. The Bertz CT molecular complexity index is 5250. The zero-order valence-electron chi connectivity index (χ0n) is 44.1. The molecule has 8 nitrogen and oxygen atoms in total. The largest absolute Gasteiger partial charge is 0.309 e. The maximum Gasteiger partial charge on any atom is 0.164 e. The summed E-state index contributed by atoms with van der Waals surface area (Å²) in [5.74, 6) is 1.74. The van der Waals surface area contributed by atoms with E-state index in [0.29, 0.717) is 17.5 Å². The van der Waals surface area contributed by atoms with Crippen molar-refractivity contribution in [3.8, 4) is 68.0 Å². The quantitative estimate of drug-likeness (QED) is 0.152. The summed E-state index contributed by atoms with van der Waals surface area (Å²) >= 11 is 0. The van der Waals surface area contributed by atoms with E-state index < -0.39 is 0 Å². The highest BCUT2D eigenvalue weighted by atomic mass is 15.0. The van der Waals surface area contributed by atoms with Crippen LogP contribution in [-0.2, 0) is 0 Å². The lowest BCUT2D eigenvalue weighted by Gasteiger charge is -2.18. The van der Waals surface area contributed by atoms with Gasteiger partial charge in [0.2, 0.25) is 0 Å². The molecule has 0 amide bonds. The monoisotopic (exact) mass is 1050 g/mol. The van der Waals surface area contributed by atoms with Gasteiger partial charge in [0.05, 0.1) is 49.8 Å². The summed E-state index contributed by atoms with van der Waals surface area (Å²) in [7, 11) is 0. The molecule has 8 heteroatoms. The third kappa shape index (κ3) is 6.98. The van der Waals surface area contributed by atoms with Gasteiger partial charge in [-0.15, -0.1) is 0 Å². The first-order valence-corrected chi connectivity index (χ1v) is 27.7. The molecule has 382 valence electrons.